The van der Waals surface area contributed by atoms with Gasteiger partial charge in [0.05, 0.1) is 23.3 Å². The Morgan fingerprint density at radius 3 is 2.89 bits per heavy atom. The summed E-state index contributed by atoms with van der Waals surface area (Å²) in [6.45, 7) is 2.53. The molecule has 4 rings (SSSR count). The van der Waals surface area contributed by atoms with E-state index in [1.807, 2.05) is 29.6 Å². The first-order valence-corrected chi connectivity index (χ1v) is 10.0. The fourth-order valence-electron chi connectivity index (χ4n) is 3.18. The van der Waals surface area contributed by atoms with Crippen LogP contribution in [0.15, 0.2) is 34.4 Å². The molecule has 0 aliphatic carbocycles. The molecule has 2 N–H and O–H groups in total. The number of rotatable bonds is 6. The molecule has 1 fully saturated rings. The highest BCUT2D eigenvalue weighted by Crippen LogP contribution is 2.24. The molecule has 1 amide bonds. The Kier molecular flexibility index (Phi) is 5.15. The van der Waals surface area contributed by atoms with Crippen molar-refractivity contribution in [1.82, 2.24) is 20.3 Å². The summed E-state index contributed by atoms with van der Waals surface area (Å²) in [4.78, 5) is 38.3. The SMILES string of the molecule is O=C(CCc1nc2ccccc2[nH]c1=O)NCc1csc(N2CCCC2)n1. The van der Waals surface area contributed by atoms with Crippen LogP contribution in [0.3, 0.4) is 0 Å². The standard InChI is InChI=1S/C19H21N5O2S/c25-17(20-11-13-12-27-19(21-13)24-9-3-4-10-24)8-7-16-18(26)23-15-6-2-1-5-14(15)22-16/h1-2,5-6,12H,3-4,7-11H2,(H,20,25)(H,23,26). The molecule has 2 aromatic heterocycles. The third-order valence-corrected chi connectivity index (χ3v) is 5.59. The minimum atomic E-state index is -0.240. The lowest BCUT2D eigenvalue weighted by atomic mass is 10.2. The number of carbonyl (C=O) groups is 1. The van der Waals surface area contributed by atoms with Crippen LogP contribution < -0.4 is 15.8 Å². The maximum Gasteiger partial charge on any atom is 0.270 e. The molecule has 1 saturated heterocycles. The van der Waals surface area contributed by atoms with Crippen molar-refractivity contribution in [2.24, 2.45) is 0 Å². The number of H-pyrrole nitrogens is 1. The quantitative estimate of drug-likeness (QED) is 0.681. The number of benzene rings is 1. The van der Waals surface area contributed by atoms with Gasteiger partial charge < -0.3 is 15.2 Å². The summed E-state index contributed by atoms with van der Waals surface area (Å²) in [5.74, 6) is -0.111. The number of nitrogens with zero attached hydrogens (tertiary/aromatic N) is 3. The normalized spacial score (nSPS) is 14.0. The van der Waals surface area contributed by atoms with Crippen LogP contribution in [0.4, 0.5) is 5.13 Å². The van der Waals surface area contributed by atoms with Gasteiger partial charge in [-0.15, -0.1) is 11.3 Å². The molecule has 0 bridgehead atoms. The van der Waals surface area contributed by atoms with E-state index in [0.29, 0.717) is 24.2 Å². The molecule has 1 aromatic carbocycles. The average molecular weight is 383 g/mol. The van der Waals surface area contributed by atoms with Gasteiger partial charge in [0.2, 0.25) is 5.91 Å². The highest BCUT2D eigenvalue weighted by molar-refractivity contribution is 7.13. The Labute approximate surface area is 160 Å². The monoisotopic (exact) mass is 383 g/mol. The third kappa shape index (κ3) is 4.16. The Morgan fingerprint density at radius 2 is 2.04 bits per heavy atom. The van der Waals surface area contributed by atoms with E-state index in [9.17, 15) is 9.59 Å². The van der Waals surface area contributed by atoms with Crippen molar-refractivity contribution in [2.75, 3.05) is 18.0 Å². The van der Waals surface area contributed by atoms with E-state index in [1.165, 1.54) is 12.8 Å². The predicted octanol–water partition coefficient (Wildman–Crippen LogP) is 2.23. The first-order valence-electron chi connectivity index (χ1n) is 9.13. The van der Waals surface area contributed by atoms with Gasteiger partial charge in [0.15, 0.2) is 5.13 Å². The minimum Gasteiger partial charge on any atom is -0.350 e. The van der Waals surface area contributed by atoms with Crippen LogP contribution >= 0.6 is 11.3 Å². The fraction of sp³-hybridized carbons (Fsp3) is 0.368. The zero-order chi connectivity index (χ0) is 18.6. The molecule has 8 heteroatoms. The molecule has 0 atom stereocenters. The van der Waals surface area contributed by atoms with Gasteiger partial charge in [-0.25, -0.2) is 9.97 Å². The smallest absolute Gasteiger partial charge is 0.270 e. The number of anilines is 1. The number of hydrogen-bond donors (Lipinski definition) is 2. The lowest BCUT2D eigenvalue weighted by Gasteiger charge is -2.12. The zero-order valence-electron chi connectivity index (χ0n) is 14.9. The van der Waals surface area contributed by atoms with Gasteiger partial charge in [0.25, 0.3) is 5.56 Å². The van der Waals surface area contributed by atoms with Crippen molar-refractivity contribution in [2.45, 2.75) is 32.2 Å². The maximum absolute atomic E-state index is 12.1. The topological polar surface area (TPSA) is 91.0 Å². The summed E-state index contributed by atoms with van der Waals surface area (Å²) < 4.78 is 0. The largest absolute Gasteiger partial charge is 0.350 e. The van der Waals surface area contributed by atoms with Crippen LogP contribution in [0.5, 0.6) is 0 Å². The summed E-state index contributed by atoms with van der Waals surface area (Å²) in [6.07, 6.45) is 2.96. The summed E-state index contributed by atoms with van der Waals surface area (Å²) >= 11 is 1.62. The number of aromatic amines is 1. The van der Waals surface area contributed by atoms with E-state index in [0.717, 1.165) is 29.4 Å². The predicted molar refractivity (Wildman–Crippen MR) is 106 cm³/mol. The number of aryl methyl sites for hydroxylation is 1. The Hall–Kier alpha value is -2.74. The number of amides is 1. The first-order chi connectivity index (χ1) is 13.2. The van der Waals surface area contributed by atoms with Crippen LogP contribution in [0.2, 0.25) is 0 Å². The molecule has 0 saturated carbocycles. The number of thiazole rings is 1. The number of fused-ring (bicyclic) bond motifs is 1. The van der Waals surface area contributed by atoms with Gasteiger partial charge in [-0.05, 0) is 25.0 Å². The minimum absolute atomic E-state index is 0.111. The average Bonchev–Trinajstić information content (AvgIpc) is 3.36. The molecule has 7 nitrogen and oxygen atoms in total. The molecule has 3 heterocycles. The molecular weight excluding hydrogens is 362 g/mol. The lowest BCUT2D eigenvalue weighted by molar-refractivity contribution is -0.121. The molecular formula is C19H21N5O2S. The van der Waals surface area contributed by atoms with Gasteiger partial charge >= 0.3 is 0 Å². The molecule has 27 heavy (non-hydrogen) atoms. The maximum atomic E-state index is 12.1. The zero-order valence-corrected chi connectivity index (χ0v) is 15.7. The molecule has 140 valence electrons. The van der Waals surface area contributed by atoms with E-state index in [2.05, 4.69) is 25.2 Å². The van der Waals surface area contributed by atoms with Crippen LogP contribution in [-0.2, 0) is 17.8 Å². The summed E-state index contributed by atoms with van der Waals surface area (Å²) in [7, 11) is 0. The number of hydrogen-bond acceptors (Lipinski definition) is 6. The summed E-state index contributed by atoms with van der Waals surface area (Å²) in [5, 5.41) is 5.90. The summed E-state index contributed by atoms with van der Waals surface area (Å²) in [6, 6.07) is 7.37. The van der Waals surface area contributed by atoms with Gasteiger partial charge in [-0.1, -0.05) is 12.1 Å². The molecule has 0 radical (unpaired) electrons. The number of para-hydroxylation sites is 2. The number of aromatic nitrogens is 3. The van der Waals surface area contributed by atoms with Crippen molar-refractivity contribution in [3.63, 3.8) is 0 Å². The van der Waals surface area contributed by atoms with Crippen LogP contribution in [-0.4, -0.2) is 33.9 Å². The van der Waals surface area contributed by atoms with E-state index >= 15 is 0 Å². The van der Waals surface area contributed by atoms with Crippen LogP contribution in [0.1, 0.15) is 30.7 Å². The van der Waals surface area contributed by atoms with Crippen molar-refractivity contribution in [3.05, 3.63) is 51.4 Å². The van der Waals surface area contributed by atoms with Gasteiger partial charge in [0, 0.05) is 31.3 Å². The van der Waals surface area contributed by atoms with E-state index in [-0.39, 0.29) is 17.9 Å². The Bertz CT molecular complexity index is 1010. The number of nitrogens with one attached hydrogen (secondary N) is 2. The van der Waals surface area contributed by atoms with Gasteiger partial charge in [-0.2, -0.15) is 0 Å². The highest BCUT2D eigenvalue weighted by atomic mass is 32.1. The summed E-state index contributed by atoms with van der Waals surface area (Å²) in [5.41, 5.74) is 2.44. The van der Waals surface area contributed by atoms with E-state index in [4.69, 9.17) is 0 Å². The Balaban J connectivity index is 1.31. The van der Waals surface area contributed by atoms with Crippen molar-refractivity contribution in [3.8, 4) is 0 Å². The van der Waals surface area contributed by atoms with Gasteiger partial charge in [-0.3, -0.25) is 9.59 Å². The van der Waals surface area contributed by atoms with Gasteiger partial charge in [0.1, 0.15) is 5.69 Å². The highest BCUT2D eigenvalue weighted by Gasteiger charge is 2.16. The molecule has 0 unspecified atom stereocenters. The molecule has 1 aliphatic heterocycles. The second kappa shape index (κ2) is 7.87. The van der Waals surface area contributed by atoms with Crippen LogP contribution in [0, 0.1) is 0 Å². The van der Waals surface area contributed by atoms with Crippen LogP contribution in [0.25, 0.3) is 11.0 Å². The molecule has 1 aliphatic rings. The van der Waals surface area contributed by atoms with Crippen molar-refractivity contribution in [1.29, 1.82) is 0 Å². The first kappa shape index (κ1) is 17.7. The van der Waals surface area contributed by atoms with E-state index < -0.39 is 0 Å². The van der Waals surface area contributed by atoms with E-state index in [1.54, 1.807) is 11.3 Å². The molecule has 3 aromatic rings. The Morgan fingerprint density at radius 1 is 1.22 bits per heavy atom. The fourth-order valence-corrected chi connectivity index (χ4v) is 4.06. The van der Waals surface area contributed by atoms with Crippen molar-refractivity contribution >= 4 is 33.4 Å². The number of carbonyl (C=O) groups excluding carboxylic acids is 1. The van der Waals surface area contributed by atoms with Crippen molar-refractivity contribution < 1.29 is 4.79 Å². The third-order valence-electron chi connectivity index (χ3n) is 4.64. The lowest BCUT2D eigenvalue weighted by Crippen LogP contribution is -2.25. The second-order valence-electron chi connectivity index (χ2n) is 6.62. The second-order valence-corrected chi connectivity index (χ2v) is 7.46. The molecule has 0 spiro atoms.